The van der Waals surface area contributed by atoms with Crippen molar-refractivity contribution >= 4 is 18.3 Å². The molecule has 0 radical (unpaired) electrons. The number of nitrogens with one attached hydrogen (secondary N) is 1. The van der Waals surface area contributed by atoms with Crippen molar-refractivity contribution in [2.45, 2.75) is 32.0 Å². The second-order valence-corrected chi connectivity index (χ2v) is 6.99. The summed E-state index contributed by atoms with van der Waals surface area (Å²) in [5, 5.41) is 15.2. The summed E-state index contributed by atoms with van der Waals surface area (Å²) in [5.41, 5.74) is 1.05. The van der Waals surface area contributed by atoms with Crippen LogP contribution >= 0.6 is 12.4 Å². The number of nitrogens with zero attached hydrogens (tertiary/aromatic N) is 5. The van der Waals surface area contributed by atoms with E-state index in [4.69, 9.17) is 14.2 Å². The van der Waals surface area contributed by atoms with E-state index in [2.05, 4.69) is 25.7 Å². The van der Waals surface area contributed by atoms with Gasteiger partial charge in [-0.15, -0.1) is 17.5 Å². The maximum atomic E-state index is 11.6. The highest BCUT2D eigenvalue weighted by Crippen LogP contribution is 2.32. The molecule has 2 aromatic rings. The van der Waals surface area contributed by atoms with Crippen LogP contribution in [0.15, 0.2) is 18.2 Å². The summed E-state index contributed by atoms with van der Waals surface area (Å²) in [4.78, 5) is 13.9. The first-order valence-corrected chi connectivity index (χ1v) is 9.35. The zero-order valence-electron chi connectivity index (χ0n) is 16.2. The number of tetrazole rings is 1. The number of benzene rings is 1. The van der Waals surface area contributed by atoms with Crippen LogP contribution in [0.5, 0.6) is 11.5 Å². The largest absolute Gasteiger partial charge is 0.454 e. The molecule has 0 bridgehead atoms. The smallest absolute Gasteiger partial charge is 0.246 e. The Morgan fingerprint density at radius 1 is 1.24 bits per heavy atom. The summed E-state index contributed by atoms with van der Waals surface area (Å²) >= 11 is 0. The van der Waals surface area contributed by atoms with Crippen LogP contribution in [0.25, 0.3) is 0 Å². The highest BCUT2D eigenvalue weighted by atomic mass is 35.5. The average molecular weight is 425 g/mol. The molecule has 1 amide bonds. The van der Waals surface area contributed by atoms with E-state index in [9.17, 15) is 4.79 Å². The molecular weight excluding hydrogens is 400 g/mol. The molecule has 3 heterocycles. The van der Waals surface area contributed by atoms with Gasteiger partial charge in [-0.3, -0.25) is 9.69 Å². The molecule has 0 atom stereocenters. The van der Waals surface area contributed by atoms with Gasteiger partial charge in [0.05, 0.1) is 13.1 Å². The van der Waals surface area contributed by atoms with Crippen LogP contribution in [-0.4, -0.2) is 70.7 Å². The fraction of sp³-hybridized carbons (Fsp3) is 0.556. The van der Waals surface area contributed by atoms with Crippen LogP contribution in [-0.2, 0) is 22.6 Å². The second kappa shape index (κ2) is 9.86. The number of ether oxygens (including phenoxy) is 3. The number of halogens is 1. The normalized spacial score (nSPS) is 16.4. The quantitative estimate of drug-likeness (QED) is 0.689. The van der Waals surface area contributed by atoms with Crippen LogP contribution in [0.1, 0.15) is 24.2 Å². The highest BCUT2D eigenvalue weighted by molar-refractivity contribution is 5.85. The van der Waals surface area contributed by atoms with Crippen molar-refractivity contribution in [1.82, 2.24) is 30.4 Å². The lowest BCUT2D eigenvalue weighted by molar-refractivity contribution is -0.125. The Hall–Kier alpha value is -2.43. The second-order valence-electron chi connectivity index (χ2n) is 6.99. The van der Waals surface area contributed by atoms with Crippen molar-refractivity contribution < 1.29 is 19.0 Å². The number of rotatable bonds is 7. The monoisotopic (exact) mass is 424 g/mol. The minimum Gasteiger partial charge on any atom is -0.454 e. The molecule has 2 aliphatic heterocycles. The molecule has 1 fully saturated rings. The Kier molecular flexibility index (Phi) is 7.24. The Labute approximate surface area is 174 Å². The summed E-state index contributed by atoms with van der Waals surface area (Å²) < 4.78 is 17.5. The number of amides is 1. The number of carbonyl (C=O) groups excluding carboxylic acids is 1. The molecule has 0 saturated carbocycles. The van der Waals surface area contributed by atoms with Crippen LogP contribution in [0.4, 0.5) is 0 Å². The van der Waals surface area contributed by atoms with E-state index in [0.29, 0.717) is 13.1 Å². The van der Waals surface area contributed by atoms with Gasteiger partial charge in [-0.05, 0) is 41.0 Å². The number of fused-ring (bicyclic) bond motifs is 1. The van der Waals surface area contributed by atoms with Gasteiger partial charge in [-0.25, -0.2) is 4.68 Å². The SMILES string of the molecule is COCC(=O)NC1CCN(Cc2nnnn2Cc2ccc3c(c2)OCO3)CC1.Cl. The summed E-state index contributed by atoms with van der Waals surface area (Å²) in [6.45, 7) is 3.38. The molecule has 2 aliphatic rings. The molecule has 1 saturated heterocycles. The third-order valence-corrected chi connectivity index (χ3v) is 4.97. The summed E-state index contributed by atoms with van der Waals surface area (Å²) in [5.74, 6) is 2.28. The Bertz CT molecular complexity index is 824. The van der Waals surface area contributed by atoms with Gasteiger partial charge in [0.25, 0.3) is 0 Å². The lowest BCUT2D eigenvalue weighted by atomic mass is 10.1. The topological polar surface area (TPSA) is 104 Å². The first kappa shape index (κ1) is 21.3. The van der Waals surface area contributed by atoms with Gasteiger partial charge < -0.3 is 19.5 Å². The lowest BCUT2D eigenvalue weighted by Crippen LogP contribution is -2.45. The van der Waals surface area contributed by atoms with E-state index in [1.54, 1.807) is 0 Å². The molecule has 4 rings (SSSR count). The van der Waals surface area contributed by atoms with Gasteiger partial charge in [0.2, 0.25) is 12.7 Å². The molecule has 11 heteroatoms. The molecule has 10 nitrogen and oxygen atoms in total. The third kappa shape index (κ3) is 5.34. The number of carbonyl (C=O) groups is 1. The zero-order chi connectivity index (χ0) is 19.3. The number of likely N-dealkylation sites (tertiary alicyclic amines) is 1. The van der Waals surface area contributed by atoms with Gasteiger partial charge in [-0.2, -0.15) is 0 Å². The van der Waals surface area contributed by atoms with Crippen molar-refractivity contribution in [2.75, 3.05) is 33.6 Å². The predicted molar refractivity (Wildman–Crippen MR) is 105 cm³/mol. The average Bonchev–Trinajstić information content (AvgIpc) is 3.33. The molecule has 0 unspecified atom stereocenters. The Balaban J connectivity index is 0.00000240. The van der Waals surface area contributed by atoms with Crippen LogP contribution < -0.4 is 14.8 Å². The van der Waals surface area contributed by atoms with Crippen molar-refractivity contribution in [3.05, 3.63) is 29.6 Å². The van der Waals surface area contributed by atoms with E-state index in [1.807, 2.05) is 22.9 Å². The minimum absolute atomic E-state index is 0. The highest BCUT2D eigenvalue weighted by Gasteiger charge is 2.22. The molecule has 29 heavy (non-hydrogen) atoms. The van der Waals surface area contributed by atoms with E-state index in [0.717, 1.165) is 48.8 Å². The van der Waals surface area contributed by atoms with E-state index in [-0.39, 0.29) is 37.8 Å². The lowest BCUT2D eigenvalue weighted by Gasteiger charge is -2.31. The van der Waals surface area contributed by atoms with Crippen molar-refractivity contribution in [1.29, 1.82) is 0 Å². The molecular formula is C18H25ClN6O4. The first-order chi connectivity index (χ1) is 13.7. The standard InChI is InChI=1S/C18H24N6O4.ClH/c1-26-11-18(25)19-14-4-6-23(7-5-14)10-17-20-21-22-24(17)9-13-2-3-15-16(8-13)28-12-27-15;/h2-3,8,14H,4-7,9-12H2,1H3,(H,19,25);1H. The molecule has 1 aromatic heterocycles. The summed E-state index contributed by atoms with van der Waals surface area (Å²) in [7, 11) is 1.52. The van der Waals surface area contributed by atoms with E-state index >= 15 is 0 Å². The van der Waals surface area contributed by atoms with Gasteiger partial charge in [0.15, 0.2) is 17.3 Å². The number of aromatic nitrogens is 4. The van der Waals surface area contributed by atoms with Crippen LogP contribution in [0.3, 0.4) is 0 Å². The maximum Gasteiger partial charge on any atom is 0.246 e. The van der Waals surface area contributed by atoms with Crippen molar-refractivity contribution in [2.24, 2.45) is 0 Å². The summed E-state index contributed by atoms with van der Waals surface area (Å²) in [6, 6.07) is 6.06. The zero-order valence-corrected chi connectivity index (χ0v) is 17.1. The van der Waals surface area contributed by atoms with E-state index in [1.165, 1.54) is 7.11 Å². The molecule has 0 spiro atoms. The Morgan fingerprint density at radius 2 is 2.03 bits per heavy atom. The fourth-order valence-corrected chi connectivity index (χ4v) is 3.51. The van der Waals surface area contributed by atoms with Crippen molar-refractivity contribution in [3.63, 3.8) is 0 Å². The number of hydrogen-bond acceptors (Lipinski definition) is 8. The number of piperidine rings is 1. The first-order valence-electron chi connectivity index (χ1n) is 9.35. The van der Waals surface area contributed by atoms with Gasteiger partial charge in [-0.1, -0.05) is 6.07 Å². The van der Waals surface area contributed by atoms with Crippen molar-refractivity contribution in [3.8, 4) is 11.5 Å². The predicted octanol–water partition coefficient (Wildman–Crippen LogP) is 0.599. The molecule has 1 aromatic carbocycles. The van der Waals surface area contributed by atoms with E-state index < -0.39 is 0 Å². The van der Waals surface area contributed by atoms with Crippen LogP contribution in [0.2, 0.25) is 0 Å². The molecule has 1 N–H and O–H groups in total. The number of methoxy groups -OCH3 is 1. The van der Waals surface area contributed by atoms with Gasteiger partial charge >= 0.3 is 0 Å². The van der Waals surface area contributed by atoms with Gasteiger partial charge in [0.1, 0.15) is 6.61 Å². The number of hydrogen-bond donors (Lipinski definition) is 1. The van der Waals surface area contributed by atoms with Gasteiger partial charge in [0, 0.05) is 26.2 Å². The summed E-state index contributed by atoms with van der Waals surface area (Å²) in [6.07, 6.45) is 1.80. The Morgan fingerprint density at radius 3 is 2.83 bits per heavy atom. The maximum absolute atomic E-state index is 11.6. The minimum atomic E-state index is -0.0615. The molecule has 158 valence electrons. The fourth-order valence-electron chi connectivity index (χ4n) is 3.51. The van der Waals surface area contributed by atoms with Crippen LogP contribution in [0, 0.1) is 0 Å². The third-order valence-electron chi connectivity index (χ3n) is 4.97. The molecule has 0 aliphatic carbocycles.